The van der Waals surface area contributed by atoms with Gasteiger partial charge < -0.3 is 10.3 Å². The molecule has 0 radical (unpaired) electrons. The molecule has 0 aliphatic heterocycles. The number of nitrogens with one attached hydrogen (secondary N) is 2. The first kappa shape index (κ1) is 19.3. The summed E-state index contributed by atoms with van der Waals surface area (Å²) in [6.07, 6.45) is 1.07. The third-order valence-corrected chi connectivity index (χ3v) is 4.30. The number of aryl methyl sites for hydroxylation is 2. The van der Waals surface area contributed by atoms with Crippen molar-refractivity contribution in [3.63, 3.8) is 0 Å². The molecule has 146 valence electrons. The number of halogens is 1. The lowest BCUT2D eigenvalue weighted by Gasteiger charge is -2.09. The van der Waals surface area contributed by atoms with Crippen LogP contribution in [0.2, 0.25) is 0 Å². The standard InChI is InChI=1S/C19H20FN5O3/c1-12-9-13(2)25(23-12)8-7-21-17(26)15-10-22-19(28)24(18(15)27)11-14-5-3-4-6-16(14)20/h3-6,9-10H,7-8,11H2,1-2H3,(H,21,26)(H,22,28). The molecule has 0 atom stereocenters. The number of H-pyrrole nitrogens is 1. The molecule has 0 spiro atoms. The second-order valence-corrected chi connectivity index (χ2v) is 6.40. The Hall–Kier alpha value is -3.49. The summed E-state index contributed by atoms with van der Waals surface area (Å²) in [5, 5.41) is 6.93. The Labute approximate surface area is 159 Å². The summed E-state index contributed by atoms with van der Waals surface area (Å²) < 4.78 is 16.4. The Balaban J connectivity index is 1.76. The molecule has 0 unspecified atom stereocenters. The van der Waals surface area contributed by atoms with E-state index >= 15 is 0 Å². The maximum atomic E-state index is 13.8. The Morgan fingerprint density at radius 2 is 2.00 bits per heavy atom. The summed E-state index contributed by atoms with van der Waals surface area (Å²) in [5.41, 5.74) is 0.299. The molecule has 1 aromatic carbocycles. The van der Waals surface area contributed by atoms with Crippen molar-refractivity contribution in [1.29, 1.82) is 0 Å². The number of carbonyl (C=O) groups excluding carboxylic acids is 1. The molecule has 0 aliphatic rings. The van der Waals surface area contributed by atoms with E-state index in [0.717, 1.165) is 22.2 Å². The highest BCUT2D eigenvalue weighted by atomic mass is 19.1. The van der Waals surface area contributed by atoms with E-state index in [0.29, 0.717) is 6.54 Å². The number of nitrogens with zero attached hydrogens (tertiary/aromatic N) is 3. The zero-order valence-electron chi connectivity index (χ0n) is 15.5. The summed E-state index contributed by atoms with van der Waals surface area (Å²) in [6, 6.07) is 7.75. The van der Waals surface area contributed by atoms with Gasteiger partial charge in [0.2, 0.25) is 0 Å². The molecule has 0 bridgehead atoms. The van der Waals surface area contributed by atoms with Crippen LogP contribution in [-0.4, -0.2) is 31.8 Å². The van der Waals surface area contributed by atoms with Crippen molar-refractivity contribution in [3.05, 3.63) is 85.7 Å². The van der Waals surface area contributed by atoms with Crippen LogP contribution in [0.4, 0.5) is 4.39 Å². The average molecular weight is 385 g/mol. The molecule has 0 fully saturated rings. The quantitative estimate of drug-likeness (QED) is 0.660. The van der Waals surface area contributed by atoms with Gasteiger partial charge in [0, 0.05) is 24.0 Å². The number of rotatable bonds is 6. The molecule has 0 aliphatic carbocycles. The minimum absolute atomic E-state index is 0.178. The van der Waals surface area contributed by atoms with E-state index in [1.165, 1.54) is 18.2 Å². The van der Waals surface area contributed by atoms with Gasteiger partial charge in [0.15, 0.2) is 0 Å². The van der Waals surface area contributed by atoms with E-state index in [1.807, 2.05) is 19.9 Å². The van der Waals surface area contributed by atoms with Crippen LogP contribution in [0.1, 0.15) is 27.3 Å². The fourth-order valence-electron chi connectivity index (χ4n) is 2.89. The smallest absolute Gasteiger partial charge is 0.328 e. The van der Waals surface area contributed by atoms with Gasteiger partial charge in [0.1, 0.15) is 11.4 Å². The molecule has 3 aromatic rings. The Bertz CT molecular complexity index is 1130. The summed E-state index contributed by atoms with van der Waals surface area (Å²) in [5.74, 6) is -1.15. The zero-order valence-corrected chi connectivity index (χ0v) is 15.5. The minimum Gasteiger partial charge on any atom is -0.350 e. The van der Waals surface area contributed by atoms with E-state index in [-0.39, 0.29) is 24.2 Å². The van der Waals surface area contributed by atoms with E-state index < -0.39 is 23.0 Å². The molecular weight excluding hydrogens is 365 g/mol. The molecule has 9 heteroatoms. The van der Waals surface area contributed by atoms with Gasteiger partial charge >= 0.3 is 5.69 Å². The van der Waals surface area contributed by atoms with E-state index in [4.69, 9.17) is 0 Å². The SMILES string of the molecule is Cc1cc(C)n(CCNC(=O)c2c[nH]c(=O)n(Cc3ccccc3F)c2=O)n1. The number of aromatic nitrogens is 4. The van der Waals surface area contributed by atoms with Gasteiger partial charge in [-0.1, -0.05) is 18.2 Å². The van der Waals surface area contributed by atoms with E-state index in [1.54, 1.807) is 10.7 Å². The normalized spacial score (nSPS) is 10.8. The zero-order chi connectivity index (χ0) is 20.3. The first-order valence-corrected chi connectivity index (χ1v) is 8.72. The van der Waals surface area contributed by atoms with Gasteiger partial charge in [0.05, 0.1) is 18.8 Å². The van der Waals surface area contributed by atoms with Crippen LogP contribution < -0.4 is 16.6 Å². The summed E-state index contributed by atoms with van der Waals surface area (Å²) in [6.45, 7) is 4.21. The molecule has 1 amide bonds. The first-order valence-electron chi connectivity index (χ1n) is 8.72. The van der Waals surface area contributed by atoms with Crippen LogP contribution in [0.3, 0.4) is 0 Å². The van der Waals surface area contributed by atoms with Crippen LogP contribution in [0, 0.1) is 19.7 Å². The lowest BCUT2D eigenvalue weighted by atomic mass is 10.2. The van der Waals surface area contributed by atoms with Gasteiger partial charge in [-0.05, 0) is 26.0 Å². The van der Waals surface area contributed by atoms with Gasteiger partial charge in [-0.2, -0.15) is 5.10 Å². The van der Waals surface area contributed by atoms with Crippen molar-refractivity contribution in [1.82, 2.24) is 24.6 Å². The number of carbonyl (C=O) groups is 1. The number of hydrogen-bond acceptors (Lipinski definition) is 4. The van der Waals surface area contributed by atoms with Gasteiger partial charge in [0.25, 0.3) is 11.5 Å². The van der Waals surface area contributed by atoms with Crippen LogP contribution in [0.25, 0.3) is 0 Å². The second kappa shape index (κ2) is 8.03. The van der Waals surface area contributed by atoms with Crippen molar-refractivity contribution in [2.75, 3.05) is 6.54 Å². The second-order valence-electron chi connectivity index (χ2n) is 6.40. The predicted molar refractivity (Wildman–Crippen MR) is 101 cm³/mol. The highest BCUT2D eigenvalue weighted by Crippen LogP contribution is 2.06. The van der Waals surface area contributed by atoms with E-state index in [9.17, 15) is 18.8 Å². The average Bonchev–Trinajstić information content (AvgIpc) is 2.97. The van der Waals surface area contributed by atoms with E-state index in [2.05, 4.69) is 15.4 Å². The molecule has 28 heavy (non-hydrogen) atoms. The third-order valence-electron chi connectivity index (χ3n) is 4.30. The monoisotopic (exact) mass is 385 g/mol. The molecule has 2 N–H and O–H groups in total. The Morgan fingerprint density at radius 1 is 1.25 bits per heavy atom. The fraction of sp³-hybridized carbons (Fsp3) is 0.263. The maximum Gasteiger partial charge on any atom is 0.328 e. The lowest BCUT2D eigenvalue weighted by molar-refractivity contribution is 0.0949. The van der Waals surface area contributed by atoms with Crippen LogP contribution in [0.15, 0.2) is 46.1 Å². The number of benzene rings is 1. The Kier molecular flexibility index (Phi) is 5.53. The van der Waals surface area contributed by atoms with Crippen molar-refractivity contribution < 1.29 is 9.18 Å². The molecule has 0 saturated carbocycles. The molecule has 2 aromatic heterocycles. The molecular formula is C19H20FN5O3. The predicted octanol–water partition coefficient (Wildman–Crippen LogP) is 0.967. The topological polar surface area (TPSA) is 102 Å². The van der Waals surface area contributed by atoms with Gasteiger partial charge in [-0.15, -0.1) is 0 Å². The van der Waals surface area contributed by atoms with Crippen LogP contribution in [-0.2, 0) is 13.1 Å². The molecule has 3 rings (SSSR count). The number of hydrogen-bond donors (Lipinski definition) is 2. The van der Waals surface area contributed by atoms with Crippen molar-refractivity contribution in [2.45, 2.75) is 26.9 Å². The van der Waals surface area contributed by atoms with Crippen molar-refractivity contribution >= 4 is 5.91 Å². The Morgan fingerprint density at radius 3 is 2.68 bits per heavy atom. The van der Waals surface area contributed by atoms with Crippen molar-refractivity contribution in [3.8, 4) is 0 Å². The largest absolute Gasteiger partial charge is 0.350 e. The summed E-state index contributed by atoms with van der Waals surface area (Å²) in [4.78, 5) is 39.3. The van der Waals surface area contributed by atoms with Gasteiger partial charge in [-0.3, -0.25) is 18.8 Å². The molecule has 2 heterocycles. The minimum atomic E-state index is -0.782. The maximum absolute atomic E-state index is 13.8. The highest BCUT2D eigenvalue weighted by molar-refractivity contribution is 5.93. The summed E-state index contributed by atoms with van der Waals surface area (Å²) >= 11 is 0. The van der Waals surface area contributed by atoms with Crippen LogP contribution >= 0.6 is 0 Å². The van der Waals surface area contributed by atoms with Crippen LogP contribution in [0.5, 0.6) is 0 Å². The molecule has 8 nitrogen and oxygen atoms in total. The summed E-state index contributed by atoms with van der Waals surface area (Å²) in [7, 11) is 0. The third kappa shape index (κ3) is 4.08. The lowest BCUT2D eigenvalue weighted by Crippen LogP contribution is -2.41. The van der Waals surface area contributed by atoms with Crippen molar-refractivity contribution in [2.24, 2.45) is 0 Å². The number of amides is 1. The van der Waals surface area contributed by atoms with Gasteiger partial charge in [-0.25, -0.2) is 9.18 Å². The number of aromatic amines is 1. The molecule has 0 saturated heterocycles. The fourth-order valence-corrected chi connectivity index (χ4v) is 2.89. The highest BCUT2D eigenvalue weighted by Gasteiger charge is 2.15. The first-order chi connectivity index (χ1) is 13.4.